The van der Waals surface area contributed by atoms with Gasteiger partial charge in [-0.3, -0.25) is 9.59 Å². The lowest BCUT2D eigenvalue weighted by molar-refractivity contribution is 0.0958. The Morgan fingerprint density at radius 2 is 1.27 bits per heavy atom. The summed E-state index contributed by atoms with van der Waals surface area (Å²) in [4.78, 5) is 42.7. The minimum absolute atomic E-state index is 0.0812. The van der Waals surface area contributed by atoms with Gasteiger partial charge in [0.05, 0.1) is 22.9 Å². The van der Waals surface area contributed by atoms with E-state index in [1.165, 1.54) is 0 Å². The van der Waals surface area contributed by atoms with Crippen molar-refractivity contribution in [3.8, 4) is 33.9 Å². The molecule has 6 aromatic rings. The van der Waals surface area contributed by atoms with Crippen molar-refractivity contribution < 1.29 is 19.1 Å². The second-order valence-corrected chi connectivity index (χ2v) is 15.6. The smallest absolute Gasteiger partial charge is 0.254 e. The molecule has 0 bridgehead atoms. The molecule has 0 spiro atoms. The van der Waals surface area contributed by atoms with Crippen molar-refractivity contribution in [3.63, 3.8) is 0 Å². The number of rotatable bonds is 13. The number of ether oxygens (including phenoxy) is 2. The lowest BCUT2D eigenvalue weighted by atomic mass is 9.94. The topological polar surface area (TPSA) is 180 Å². The number of hydrogen-bond donors (Lipinski definition) is 5. The lowest BCUT2D eigenvalue weighted by Crippen LogP contribution is -2.19. The van der Waals surface area contributed by atoms with Gasteiger partial charge in [0.25, 0.3) is 11.8 Å². The van der Waals surface area contributed by atoms with Crippen LogP contribution < -0.4 is 41.0 Å². The predicted octanol–water partition coefficient (Wildman–Crippen LogP) is 7.48. The van der Waals surface area contributed by atoms with Crippen LogP contribution in [0.4, 0.5) is 40.5 Å². The molecule has 2 saturated carbocycles. The van der Waals surface area contributed by atoms with Gasteiger partial charge < -0.3 is 41.0 Å². The Labute approximate surface area is 346 Å². The molecule has 2 aliphatic carbocycles. The Bertz CT molecular complexity index is 2710. The van der Waals surface area contributed by atoms with Crippen LogP contribution in [0, 0.1) is 13.8 Å². The maximum Gasteiger partial charge on any atom is 0.254 e. The molecule has 5 N–H and O–H groups in total. The normalized spacial score (nSPS) is 15.1. The molecule has 4 aromatic heterocycles. The summed E-state index contributed by atoms with van der Waals surface area (Å²) in [6.07, 6.45) is 8.10. The Kier molecular flexibility index (Phi) is 9.14. The van der Waals surface area contributed by atoms with Crippen LogP contribution in [0.3, 0.4) is 0 Å². The molecule has 15 nitrogen and oxygen atoms in total. The second kappa shape index (κ2) is 14.8. The highest BCUT2D eigenvalue weighted by molar-refractivity contribution is 6.07. The van der Waals surface area contributed by atoms with Gasteiger partial charge in [0.1, 0.15) is 23.6 Å². The number of fused-ring (bicyclic) bond motifs is 2. The Morgan fingerprint density at radius 1 is 0.667 bits per heavy atom. The number of aromatic nitrogens is 5. The molecule has 10 rings (SSSR count). The van der Waals surface area contributed by atoms with Crippen LogP contribution in [0.1, 0.15) is 68.7 Å². The second-order valence-electron chi connectivity index (χ2n) is 15.6. The fourth-order valence-corrected chi connectivity index (χ4v) is 7.87. The van der Waals surface area contributed by atoms with Crippen LogP contribution in [-0.4, -0.2) is 63.3 Å². The molecule has 6 heterocycles. The molecule has 0 saturated heterocycles. The molecular formula is C45H43N11O4. The van der Waals surface area contributed by atoms with Crippen molar-refractivity contribution >= 4 is 52.3 Å². The van der Waals surface area contributed by atoms with Gasteiger partial charge in [0.2, 0.25) is 5.88 Å². The third-order valence-electron chi connectivity index (χ3n) is 11.3. The summed E-state index contributed by atoms with van der Waals surface area (Å²) in [7, 11) is 3.72. The van der Waals surface area contributed by atoms with Gasteiger partial charge in [-0.25, -0.2) is 15.0 Å². The largest absolute Gasteiger partial charge is 0.487 e. The van der Waals surface area contributed by atoms with Gasteiger partial charge in [0.15, 0.2) is 17.4 Å². The molecule has 302 valence electrons. The first-order valence-corrected chi connectivity index (χ1v) is 20.2. The van der Waals surface area contributed by atoms with E-state index >= 15 is 0 Å². The average Bonchev–Trinajstić information content (AvgIpc) is 4.18. The van der Waals surface area contributed by atoms with E-state index in [0.717, 1.165) is 75.9 Å². The zero-order valence-corrected chi connectivity index (χ0v) is 33.6. The molecule has 2 aromatic carbocycles. The molecular weight excluding hydrogens is 759 g/mol. The minimum Gasteiger partial charge on any atom is -0.487 e. The maximum absolute atomic E-state index is 13.6. The number of anilines is 7. The highest BCUT2D eigenvalue weighted by Gasteiger charge is 2.32. The van der Waals surface area contributed by atoms with Gasteiger partial charge >= 0.3 is 0 Å². The quantitative estimate of drug-likeness (QED) is 0.0777. The number of carbonyl (C=O) groups is 2. The zero-order valence-electron chi connectivity index (χ0n) is 33.6. The van der Waals surface area contributed by atoms with Crippen LogP contribution in [0.5, 0.6) is 11.6 Å². The monoisotopic (exact) mass is 801 g/mol. The van der Waals surface area contributed by atoms with Crippen molar-refractivity contribution in [2.75, 3.05) is 34.9 Å². The van der Waals surface area contributed by atoms with Gasteiger partial charge in [-0.1, -0.05) is 12.1 Å². The number of nitrogens with one attached hydrogen (secondary N) is 5. The summed E-state index contributed by atoms with van der Waals surface area (Å²) >= 11 is 0. The SMILES string of the molecule is CNc1ccc(-c2cnc(Nc3ccc(OC4CC4)c(N(C)c4ccc(-c5cnc(Nc6ccc(OC7CC7)nn6)cc5C)c5c4C(=O)NC5)n3)cc2C)c2c1C(=O)NC2. The van der Waals surface area contributed by atoms with E-state index in [4.69, 9.17) is 24.4 Å². The summed E-state index contributed by atoms with van der Waals surface area (Å²) in [5.74, 6) is 3.85. The Morgan fingerprint density at radius 3 is 1.88 bits per heavy atom. The van der Waals surface area contributed by atoms with E-state index in [0.29, 0.717) is 70.6 Å². The van der Waals surface area contributed by atoms with E-state index in [1.807, 2.05) is 99.8 Å². The Hall–Kier alpha value is -7.29. The molecule has 15 heteroatoms. The summed E-state index contributed by atoms with van der Waals surface area (Å²) in [6, 6.07) is 19.3. The molecule has 2 amide bonds. The standard InChI is InChI=1S/C45H43N11O4/c1-23-17-38(47-19-29(23)27-9-11-33(46-3)41-31(27)21-49-44(41)57)51-36-14-13-35(59-25-5-6-25)43(53-36)56(4)34-12-10-28(32-22-50-45(58)42(32)34)30-20-48-39(18-24(30)2)52-37-15-16-40(55-54-37)60-26-7-8-26/h9-20,25-26,46H,5-8,21-22H2,1-4H3,(H,49,57)(H,50,58)(H,47,51,53)(H,48,52,54). The molecule has 0 unspecified atom stereocenters. The third-order valence-corrected chi connectivity index (χ3v) is 11.3. The van der Waals surface area contributed by atoms with Crippen molar-refractivity contribution in [2.24, 2.45) is 0 Å². The number of aryl methyl sites for hydroxylation is 2. The highest BCUT2D eigenvalue weighted by Crippen LogP contribution is 2.42. The third kappa shape index (κ3) is 7.01. The number of carbonyl (C=O) groups excluding carboxylic acids is 2. The number of pyridine rings is 3. The van der Waals surface area contributed by atoms with E-state index in [1.54, 1.807) is 6.07 Å². The van der Waals surface area contributed by atoms with Gasteiger partial charge in [-0.2, -0.15) is 0 Å². The van der Waals surface area contributed by atoms with Gasteiger partial charge in [0, 0.05) is 62.5 Å². The van der Waals surface area contributed by atoms with Crippen LogP contribution in [0.15, 0.2) is 73.1 Å². The molecule has 4 aliphatic rings. The van der Waals surface area contributed by atoms with Gasteiger partial charge in [-0.15, -0.1) is 10.2 Å². The first kappa shape index (κ1) is 37.0. The van der Waals surface area contributed by atoms with E-state index in [9.17, 15) is 9.59 Å². The van der Waals surface area contributed by atoms with Crippen molar-refractivity contribution in [1.82, 2.24) is 35.8 Å². The van der Waals surface area contributed by atoms with Gasteiger partial charge in [-0.05, 0) is 115 Å². The summed E-state index contributed by atoms with van der Waals surface area (Å²) in [5.41, 5.74) is 10.3. The molecule has 2 aliphatic heterocycles. The van der Waals surface area contributed by atoms with E-state index in [2.05, 4.69) is 36.8 Å². The summed E-state index contributed by atoms with van der Waals surface area (Å²) in [5, 5.41) is 24.2. The molecule has 0 radical (unpaired) electrons. The number of nitrogens with zero attached hydrogens (tertiary/aromatic N) is 6. The summed E-state index contributed by atoms with van der Waals surface area (Å²) in [6.45, 7) is 4.90. The molecule has 60 heavy (non-hydrogen) atoms. The lowest BCUT2D eigenvalue weighted by Gasteiger charge is -2.25. The van der Waals surface area contributed by atoms with Crippen molar-refractivity contribution in [1.29, 1.82) is 0 Å². The van der Waals surface area contributed by atoms with Crippen LogP contribution in [0.25, 0.3) is 22.3 Å². The van der Waals surface area contributed by atoms with Crippen molar-refractivity contribution in [2.45, 2.75) is 64.8 Å². The fourth-order valence-electron chi connectivity index (χ4n) is 7.87. The van der Waals surface area contributed by atoms with E-state index < -0.39 is 0 Å². The van der Waals surface area contributed by atoms with Crippen LogP contribution in [-0.2, 0) is 13.1 Å². The fraction of sp³-hybridized carbons (Fsp3) is 0.267. The number of amides is 2. The molecule has 0 atom stereocenters. The Balaban J connectivity index is 0.923. The first-order chi connectivity index (χ1) is 29.2. The van der Waals surface area contributed by atoms with Crippen LogP contribution in [0.2, 0.25) is 0 Å². The first-order valence-electron chi connectivity index (χ1n) is 20.2. The average molecular weight is 802 g/mol. The number of benzene rings is 2. The highest BCUT2D eigenvalue weighted by atomic mass is 16.5. The van der Waals surface area contributed by atoms with Crippen molar-refractivity contribution in [3.05, 3.63) is 106 Å². The van der Waals surface area contributed by atoms with Crippen LogP contribution >= 0.6 is 0 Å². The minimum atomic E-state index is -0.157. The maximum atomic E-state index is 13.6. The predicted molar refractivity (Wildman–Crippen MR) is 229 cm³/mol. The summed E-state index contributed by atoms with van der Waals surface area (Å²) < 4.78 is 12.1. The zero-order chi connectivity index (χ0) is 41.1. The number of hydrogen-bond acceptors (Lipinski definition) is 13. The van der Waals surface area contributed by atoms with E-state index in [-0.39, 0.29) is 24.0 Å². The molecule has 2 fully saturated rings.